The zero-order chi connectivity index (χ0) is 18.0. The van der Waals surface area contributed by atoms with Gasteiger partial charge in [0, 0.05) is 23.1 Å². The normalized spacial score (nSPS) is 26.2. The van der Waals surface area contributed by atoms with Crippen molar-refractivity contribution in [2.24, 2.45) is 0 Å². The van der Waals surface area contributed by atoms with E-state index in [2.05, 4.69) is 22.4 Å². The number of hydrogen-bond acceptors (Lipinski definition) is 4. The van der Waals surface area contributed by atoms with E-state index in [0.29, 0.717) is 13.2 Å². The molecule has 3 aromatic rings. The van der Waals surface area contributed by atoms with Gasteiger partial charge in [-0.2, -0.15) is 0 Å². The number of fused-ring (bicyclic) bond motifs is 1. The molecule has 0 spiro atoms. The van der Waals surface area contributed by atoms with Gasteiger partial charge in [-0.15, -0.1) is 0 Å². The summed E-state index contributed by atoms with van der Waals surface area (Å²) >= 11 is 0. The fourth-order valence-electron chi connectivity index (χ4n) is 3.52. The summed E-state index contributed by atoms with van der Waals surface area (Å²) in [5, 5.41) is 4.73. The van der Waals surface area contributed by atoms with Gasteiger partial charge in [0.2, 0.25) is 0 Å². The summed E-state index contributed by atoms with van der Waals surface area (Å²) < 4.78 is 24.6. The molecule has 0 aliphatic carbocycles. The van der Waals surface area contributed by atoms with E-state index in [1.807, 2.05) is 55.6 Å². The number of hydrogen-bond donors (Lipinski definition) is 2. The van der Waals surface area contributed by atoms with Gasteiger partial charge in [-0.3, -0.25) is 9.88 Å². The van der Waals surface area contributed by atoms with Gasteiger partial charge in [0.1, 0.15) is 5.78 Å². The van der Waals surface area contributed by atoms with Crippen molar-refractivity contribution < 1.29 is 13.6 Å². The molecular formula is C20H23N2O3P. The molecule has 2 heterocycles. The van der Waals surface area contributed by atoms with Crippen LogP contribution in [0, 0.1) is 0 Å². The Morgan fingerprint density at radius 3 is 2.73 bits per heavy atom. The van der Waals surface area contributed by atoms with Crippen molar-refractivity contribution in [2.45, 2.75) is 25.2 Å². The molecule has 0 bridgehead atoms. The highest BCUT2D eigenvalue weighted by atomic mass is 31.2. The number of aromatic nitrogens is 1. The first-order valence-corrected chi connectivity index (χ1v) is 10.6. The second kappa shape index (κ2) is 7.37. The zero-order valence-corrected chi connectivity index (χ0v) is 15.6. The Morgan fingerprint density at radius 2 is 1.92 bits per heavy atom. The van der Waals surface area contributed by atoms with E-state index in [4.69, 9.17) is 9.05 Å². The first-order valence-electron chi connectivity index (χ1n) is 8.94. The quantitative estimate of drug-likeness (QED) is 0.643. The van der Waals surface area contributed by atoms with Crippen molar-refractivity contribution in [3.63, 3.8) is 0 Å². The molecule has 0 radical (unpaired) electrons. The lowest BCUT2D eigenvalue weighted by Gasteiger charge is -2.36. The summed E-state index contributed by atoms with van der Waals surface area (Å²) in [5.41, 5.74) is 3.27. The van der Waals surface area contributed by atoms with Crippen molar-refractivity contribution in [1.82, 2.24) is 10.3 Å². The Balaban J connectivity index is 1.59. The maximum Gasteiger partial charge on any atom is 0.352 e. The highest BCUT2D eigenvalue weighted by molar-refractivity contribution is 7.54. The van der Waals surface area contributed by atoms with Gasteiger partial charge in [0.05, 0.1) is 13.2 Å². The Bertz CT molecular complexity index is 925. The van der Waals surface area contributed by atoms with Crippen LogP contribution in [0.3, 0.4) is 0 Å². The Morgan fingerprint density at radius 1 is 1.15 bits per heavy atom. The molecule has 1 saturated heterocycles. The fourth-order valence-corrected chi connectivity index (χ4v) is 5.57. The Labute approximate surface area is 153 Å². The number of rotatable bonds is 5. The van der Waals surface area contributed by atoms with Crippen LogP contribution in [0.4, 0.5) is 0 Å². The minimum atomic E-state index is -3.24. The third-order valence-corrected chi connectivity index (χ3v) is 6.94. The van der Waals surface area contributed by atoms with Crippen LogP contribution in [0.15, 0.2) is 60.8 Å². The molecule has 3 atom stereocenters. The summed E-state index contributed by atoms with van der Waals surface area (Å²) in [5.74, 6) is -0.451. The van der Waals surface area contributed by atoms with E-state index in [-0.39, 0.29) is 6.04 Å². The second-order valence-corrected chi connectivity index (χ2v) is 8.61. The van der Waals surface area contributed by atoms with Crippen LogP contribution in [-0.4, -0.2) is 24.2 Å². The molecule has 1 aromatic heterocycles. The highest BCUT2D eigenvalue weighted by Crippen LogP contribution is 2.61. The third-order valence-electron chi connectivity index (χ3n) is 4.73. The van der Waals surface area contributed by atoms with Crippen LogP contribution in [0.25, 0.3) is 10.9 Å². The summed E-state index contributed by atoms with van der Waals surface area (Å²) in [6, 6.07) is 18.1. The van der Waals surface area contributed by atoms with Gasteiger partial charge >= 0.3 is 7.60 Å². The van der Waals surface area contributed by atoms with Crippen LogP contribution < -0.4 is 5.32 Å². The smallest absolute Gasteiger partial charge is 0.352 e. The first kappa shape index (κ1) is 17.5. The summed E-state index contributed by atoms with van der Waals surface area (Å²) in [6.45, 7) is 2.55. The van der Waals surface area contributed by atoms with Crippen molar-refractivity contribution in [1.29, 1.82) is 0 Å². The average Bonchev–Trinajstić information content (AvgIpc) is 3.07. The van der Waals surface area contributed by atoms with E-state index < -0.39 is 13.4 Å². The van der Waals surface area contributed by atoms with E-state index in [9.17, 15) is 4.57 Å². The Hall–Kier alpha value is -1.91. The third kappa shape index (κ3) is 3.36. The van der Waals surface area contributed by atoms with Crippen molar-refractivity contribution >= 4 is 18.5 Å². The van der Waals surface area contributed by atoms with Crippen LogP contribution in [0.5, 0.6) is 0 Å². The summed E-state index contributed by atoms with van der Waals surface area (Å²) in [4.78, 5) is 3.31. The first-order chi connectivity index (χ1) is 12.7. The van der Waals surface area contributed by atoms with Gasteiger partial charge in [-0.25, -0.2) is 0 Å². The van der Waals surface area contributed by atoms with E-state index in [1.54, 1.807) is 0 Å². The topological polar surface area (TPSA) is 63.4 Å². The van der Waals surface area contributed by atoms with Crippen LogP contribution >= 0.6 is 7.60 Å². The molecule has 2 N–H and O–H groups in total. The van der Waals surface area contributed by atoms with Crippen molar-refractivity contribution in [3.8, 4) is 0 Å². The van der Waals surface area contributed by atoms with Gasteiger partial charge in [0.15, 0.2) is 0 Å². The SMILES string of the molecule is CCO[P@@]1(=O)OC[C@H](Cc2c[nH]c3ccccc23)N[C@H]1c1ccccc1. The Kier molecular flexibility index (Phi) is 4.96. The molecule has 6 heteroatoms. The highest BCUT2D eigenvalue weighted by Gasteiger charge is 2.42. The molecular weight excluding hydrogens is 347 g/mol. The lowest BCUT2D eigenvalue weighted by Crippen LogP contribution is -2.42. The van der Waals surface area contributed by atoms with E-state index in [1.165, 1.54) is 10.9 Å². The van der Waals surface area contributed by atoms with E-state index >= 15 is 0 Å². The number of para-hydroxylation sites is 1. The summed E-state index contributed by atoms with van der Waals surface area (Å²) in [6.07, 6.45) is 2.83. The molecule has 1 fully saturated rings. The van der Waals surface area contributed by atoms with Crippen molar-refractivity contribution in [3.05, 3.63) is 71.9 Å². The van der Waals surface area contributed by atoms with Gasteiger partial charge in [-0.1, -0.05) is 48.5 Å². The van der Waals surface area contributed by atoms with Crippen LogP contribution in [-0.2, 0) is 20.0 Å². The molecule has 2 aromatic carbocycles. The van der Waals surface area contributed by atoms with E-state index in [0.717, 1.165) is 17.5 Å². The lowest BCUT2D eigenvalue weighted by atomic mass is 10.0. The standard InChI is InChI=1S/C20H23N2O3P/c1-2-24-26(23)20(15-8-4-3-5-9-15)22-17(14-25-26)12-16-13-21-19-11-7-6-10-18(16)19/h3-11,13,17,20-22H,2,12,14H2,1H3/t17-,20+,26+/m0/s1. The van der Waals surface area contributed by atoms with Gasteiger partial charge < -0.3 is 14.0 Å². The van der Waals surface area contributed by atoms with Crippen LogP contribution in [0.1, 0.15) is 23.8 Å². The van der Waals surface area contributed by atoms with Crippen LogP contribution in [0.2, 0.25) is 0 Å². The average molecular weight is 370 g/mol. The minimum absolute atomic E-state index is 0.0574. The fraction of sp³-hybridized carbons (Fsp3) is 0.300. The summed E-state index contributed by atoms with van der Waals surface area (Å²) in [7, 11) is -3.24. The molecule has 0 amide bonds. The number of aromatic amines is 1. The minimum Gasteiger partial charge on any atom is -0.361 e. The maximum atomic E-state index is 13.2. The molecule has 1 aliphatic heterocycles. The molecule has 4 rings (SSSR count). The maximum absolute atomic E-state index is 13.2. The zero-order valence-electron chi connectivity index (χ0n) is 14.7. The molecule has 1 aliphatic rings. The molecule has 26 heavy (non-hydrogen) atoms. The molecule has 0 unspecified atom stereocenters. The molecule has 136 valence electrons. The monoisotopic (exact) mass is 370 g/mol. The predicted octanol–water partition coefficient (Wildman–Crippen LogP) is 4.63. The number of benzene rings is 2. The van der Waals surface area contributed by atoms with Gasteiger partial charge in [-0.05, 0) is 30.5 Å². The van der Waals surface area contributed by atoms with Gasteiger partial charge in [0.25, 0.3) is 0 Å². The second-order valence-electron chi connectivity index (χ2n) is 6.49. The number of nitrogens with one attached hydrogen (secondary N) is 2. The lowest BCUT2D eigenvalue weighted by molar-refractivity contribution is 0.151. The predicted molar refractivity (Wildman–Crippen MR) is 103 cm³/mol. The van der Waals surface area contributed by atoms with Crippen molar-refractivity contribution in [2.75, 3.05) is 13.2 Å². The molecule has 5 nitrogen and oxygen atoms in total. The largest absolute Gasteiger partial charge is 0.361 e. The molecule has 0 saturated carbocycles. The number of H-pyrrole nitrogens is 1.